The molecule has 0 fully saturated rings. The maximum Gasteiger partial charge on any atom is 0.148 e. The number of aromatic nitrogens is 1. The van der Waals surface area contributed by atoms with E-state index < -0.39 is 0 Å². The zero-order valence-corrected chi connectivity index (χ0v) is 9.29. The third-order valence-electron chi connectivity index (χ3n) is 1.28. The monoisotopic (exact) mass is 364 g/mol. The largest absolute Gasteiger partial charge is 0.230 e. The van der Waals surface area contributed by atoms with Crippen LogP contribution in [0.5, 0.6) is 0 Å². The Morgan fingerprint density at radius 2 is 2.00 bits per heavy atom. The molecule has 0 saturated carbocycles. The summed E-state index contributed by atoms with van der Waals surface area (Å²) in [5.41, 5.74) is 1.04. The Morgan fingerprint density at radius 3 is 2.73 bits per heavy atom. The quantitative estimate of drug-likeness (QED) is 0.560. The van der Waals surface area contributed by atoms with Crippen LogP contribution >= 0.6 is 24.0 Å². The van der Waals surface area contributed by atoms with E-state index in [1.54, 1.807) is 11.3 Å². The summed E-state index contributed by atoms with van der Waals surface area (Å²) in [4.78, 5) is 4.20. The van der Waals surface area contributed by atoms with Crippen LogP contribution in [-0.4, -0.2) is 4.98 Å². The fourth-order valence-corrected chi connectivity index (χ4v) is 1.97. The summed E-state index contributed by atoms with van der Waals surface area (Å²) < 4.78 is 2.04. The number of hydrogen-bond acceptors (Lipinski definition) is 3. The van der Waals surface area contributed by atoms with Crippen LogP contribution in [0.25, 0.3) is 10.2 Å². The van der Waals surface area contributed by atoms with Gasteiger partial charge in [0.25, 0.3) is 0 Å². The molecule has 0 aliphatic heterocycles. The Kier molecular flexibility index (Phi) is 3.16. The molecular weight excluding hydrogens is 359 g/mol. The number of hydrogen-bond donors (Lipinski definition) is 1. The molecule has 0 N–H and O–H groups in total. The van der Waals surface area contributed by atoms with Crippen molar-refractivity contribution in [3.63, 3.8) is 0 Å². The second-order valence-electron chi connectivity index (χ2n) is 1.96. The minimum atomic E-state index is 0. The van der Waals surface area contributed by atoms with Gasteiger partial charge in [0.05, 0.1) is 10.2 Å². The molecule has 61 valence electrons. The molecule has 0 amide bonds. The zero-order valence-electron chi connectivity index (χ0n) is 5.41. The van der Waals surface area contributed by atoms with Gasteiger partial charge in [0.1, 0.15) is 4.34 Å². The maximum absolute atomic E-state index is 4.20. The van der Waals surface area contributed by atoms with Gasteiger partial charge in [-0.1, -0.05) is 12.1 Å². The topological polar surface area (TPSA) is 12.9 Å². The standard InChI is InChI=1S/C7H5NS2.Au/c9-7-8-5-3-1-2-4-6(5)10-7;/h1-4H,(H,8,9);. The van der Waals surface area contributed by atoms with Crippen LogP contribution in [0.3, 0.4) is 0 Å². The molecule has 11 heavy (non-hydrogen) atoms. The molecule has 1 nitrogen and oxygen atoms in total. The molecule has 0 aliphatic carbocycles. The molecule has 1 aromatic carbocycles. The number of benzene rings is 1. The van der Waals surface area contributed by atoms with E-state index in [1.807, 2.05) is 24.3 Å². The van der Waals surface area contributed by atoms with Crippen molar-refractivity contribution in [1.82, 2.24) is 4.98 Å². The van der Waals surface area contributed by atoms with Crippen LogP contribution in [0, 0.1) is 0 Å². The second-order valence-corrected chi connectivity index (χ2v) is 3.72. The van der Waals surface area contributed by atoms with E-state index in [9.17, 15) is 0 Å². The van der Waals surface area contributed by atoms with Gasteiger partial charge >= 0.3 is 0 Å². The Labute approximate surface area is 89.8 Å². The van der Waals surface area contributed by atoms with Crippen molar-refractivity contribution in [3.05, 3.63) is 24.3 Å². The molecule has 4 heteroatoms. The van der Waals surface area contributed by atoms with Crippen molar-refractivity contribution in [3.8, 4) is 0 Å². The van der Waals surface area contributed by atoms with Gasteiger partial charge in [-0.15, -0.1) is 24.0 Å². The van der Waals surface area contributed by atoms with Crippen molar-refractivity contribution in [1.29, 1.82) is 0 Å². The summed E-state index contributed by atoms with van der Waals surface area (Å²) >= 11 is 5.76. The minimum absolute atomic E-state index is 0. The van der Waals surface area contributed by atoms with Gasteiger partial charge in [0.15, 0.2) is 0 Å². The molecular formula is C7H5AuNS2. The van der Waals surface area contributed by atoms with Crippen molar-refractivity contribution in [2.24, 2.45) is 0 Å². The van der Waals surface area contributed by atoms with Crippen molar-refractivity contribution in [2.45, 2.75) is 4.34 Å². The van der Waals surface area contributed by atoms with Gasteiger partial charge in [-0.25, -0.2) is 4.98 Å². The predicted octanol–water partition coefficient (Wildman–Crippen LogP) is 2.58. The smallest absolute Gasteiger partial charge is 0.148 e. The van der Waals surface area contributed by atoms with Crippen LogP contribution in [0.2, 0.25) is 0 Å². The van der Waals surface area contributed by atoms with Gasteiger partial charge in [-0.05, 0) is 12.1 Å². The Morgan fingerprint density at radius 1 is 1.27 bits per heavy atom. The van der Waals surface area contributed by atoms with E-state index in [2.05, 4.69) is 17.6 Å². The van der Waals surface area contributed by atoms with E-state index in [0.29, 0.717) is 0 Å². The van der Waals surface area contributed by atoms with E-state index in [1.165, 1.54) is 4.70 Å². The summed E-state index contributed by atoms with van der Waals surface area (Å²) in [5, 5.41) is 0. The fourth-order valence-electron chi connectivity index (χ4n) is 0.860. The van der Waals surface area contributed by atoms with E-state index in [-0.39, 0.29) is 22.4 Å². The second kappa shape index (κ2) is 3.74. The van der Waals surface area contributed by atoms with Gasteiger partial charge in [0.2, 0.25) is 0 Å². The van der Waals surface area contributed by atoms with E-state index in [0.717, 1.165) is 9.86 Å². The van der Waals surface area contributed by atoms with Gasteiger partial charge < -0.3 is 0 Å². The number of thiazole rings is 1. The summed E-state index contributed by atoms with van der Waals surface area (Å²) in [6.45, 7) is 0. The molecule has 1 radical (unpaired) electrons. The molecule has 0 aliphatic rings. The fraction of sp³-hybridized carbons (Fsp3) is 0. The minimum Gasteiger partial charge on any atom is -0.230 e. The molecule has 2 aromatic rings. The van der Waals surface area contributed by atoms with Crippen molar-refractivity contribution < 1.29 is 22.4 Å². The number of thiol groups is 1. The molecule has 0 unspecified atom stereocenters. The molecule has 0 saturated heterocycles. The summed E-state index contributed by atoms with van der Waals surface area (Å²) in [6.07, 6.45) is 0. The van der Waals surface area contributed by atoms with Crippen LogP contribution in [0.15, 0.2) is 28.6 Å². The predicted molar refractivity (Wildman–Crippen MR) is 46.9 cm³/mol. The average molecular weight is 364 g/mol. The summed E-state index contributed by atoms with van der Waals surface area (Å²) in [7, 11) is 0. The molecule has 0 bridgehead atoms. The third-order valence-corrected chi connectivity index (χ3v) is 2.50. The van der Waals surface area contributed by atoms with Crippen molar-refractivity contribution >= 4 is 34.2 Å². The Balaban J connectivity index is 0.000000605. The first-order valence-electron chi connectivity index (χ1n) is 2.91. The van der Waals surface area contributed by atoms with Gasteiger partial charge in [-0.2, -0.15) is 0 Å². The van der Waals surface area contributed by atoms with E-state index >= 15 is 0 Å². The van der Waals surface area contributed by atoms with Crippen LogP contribution in [-0.2, 0) is 22.4 Å². The maximum atomic E-state index is 4.20. The normalized spacial score (nSPS) is 9.55. The first-order chi connectivity index (χ1) is 4.86. The van der Waals surface area contributed by atoms with Crippen LogP contribution in [0.1, 0.15) is 0 Å². The zero-order chi connectivity index (χ0) is 6.97. The summed E-state index contributed by atoms with van der Waals surface area (Å²) in [5.74, 6) is 0. The van der Waals surface area contributed by atoms with Gasteiger partial charge in [0, 0.05) is 22.4 Å². The Bertz CT molecular complexity index is 325. The molecule has 1 heterocycles. The molecule has 0 atom stereocenters. The first-order valence-corrected chi connectivity index (χ1v) is 4.17. The third kappa shape index (κ3) is 1.86. The van der Waals surface area contributed by atoms with Crippen LogP contribution in [0.4, 0.5) is 0 Å². The van der Waals surface area contributed by atoms with Crippen LogP contribution < -0.4 is 0 Å². The molecule has 0 spiro atoms. The van der Waals surface area contributed by atoms with Gasteiger partial charge in [-0.3, -0.25) is 0 Å². The number of para-hydroxylation sites is 1. The average Bonchev–Trinajstić information content (AvgIpc) is 2.27. The Hall–Kier alpha value is 0.200. The molecule has 2 rings (SSSR count). The van der Waals surface area contributed by atoms with E-state index in [4.69, 9.17) is 0 Å². The number of nitrogens with zero attached hydrogens (tertiary/aromatic N) is 1. The first kappa shape index (κ1) is 9.29. The van der Waals surface area contributed by atoms with Crippen molar-refractivity contribution in [2.75, 3.05) is 0 Å². The number of fused-ring (bicyclic) bond motifs is 1. The number of rotatable bonds is 0. The summed E-state index contributed by atoms with van der Waals surface area (Å²) in [6, 6.07) is 8.03. The molecule has 1 aromatic heterocycles. The SMILES string of the molecule is Sc1nc2ccccc2s1.[Au].